The molecule has 1 amide bonds. The van der Waals surface area contributed by atoms with Crippen LogP contribution in [0.25, 0.3) is 0 Å². The number of benzene rings is 2. The van der Waals surface area contributed by atoms with Crippen LogP contribution in [0.5, 0.6) is 5.75 Å². The molecule has 2 aromatic rings. The van der Waals surface area contributed by atoms with Crippen LogP contribution in [-0.2, 0) is 0 Å². The standard InChI is InChI=1S/C15H15NO2/c1-11-8-9-12(10-14(11)17)15(18)16(2)13-6-4-3-5-7-13/h3-10,17H,1-2H3. The summed E-state index contributed by atoms with van der Waals surface area (Å²) in [5, 5.41) is 9.63. The highest BCUT2D eigenvalue weighted by molar-refractivity contribution is 6.05. The lowest BCUT2D eigenvalue weighted by Gasteiger charge is -2.17. The number of aromatic hydroxyl groups is 1. The van der Waals surface area contributed by atoms with Crippen molar-refractivity contribution in [2.24, 2.45) is 0 Å². The first-order valence-corrected chi connectivity index (χ1v) is 5.72. The van der Waals surface area contributed by atoms with Crippen molar-refractivity contribution in [2.75, 3.05) is 11.9 Å². The van der Waals surface area contributed by atoms with Gasteiger partial charge in [0, 0.05) is 18.3 Å². The zero-order valence-corrected chi connectivity index (χ0v) is 10.4. The van der Waals surface area contributed by atoms with E-state index >= 15 is 0 Å². The van der Waals surface area contributed by atoms with Gasteiger partial charge in [-0.2, -0.15) is 0 Å². The Morgan fingerprint density at radius 3 is 2.39 bits per heavy atom. The lowest BCUT2D eigenvalue weighted by atomic mass is 10.1. The van der Waals surface area contributed by atoms with Gasteiger partial charge in [0.15, 0.2) is 0 Å². The van der Waals surface area contributed by atoms with Crippen LogP contribution in [0.3, 0.4) is 0 Å². The normalized spacial score (nSPS) is 10.1. The van der Waals surface area contributed by atoms with Gasteiger partial charge in [0.2, 0.25) is 0 Å². The summed E-state index contributed by atoms with van der Waals surface area (Å²) in [6, 6.07) is 14.4. The van der Waals surface area contributed by atoms with E-state index in [0.29, 0.717) is 5.56 Å². The Hall–Kier alpha value is -2.29. The minimum Gasteiger partial charge on any atom is -0.508 e. The molecule has 18 heavy (non-hydrogen) atoms. The first-order chi connectivity index (χ1) is 8.59. The minimum absolute atomic E-state index is 0.141. The molecule has 0 heterocycles. The van der Waals surface area contributed by atoms with Crippen molar-refractivity contribution in [3.05, 3.63) is 59.7 Å². The molecule has 0 saturated carbocycles. The Bertz CT molecular complexity index is 564. The molecule has 0 fully saturated rings. The van der Waals surface area contributed by atoms with Gasteiger partial charge in [-0.3, -0.25) is 4.79 Å². The molecule has 0 aliphatic carbocycles. The maximum atomic E-state index is 12.2. The summed E-state index contributed by atoms with van der Waals surface area (Å²) in [5.74, 6) is -0.00110. The fraction of sp³-hybridized carbons (Fsp3) is 0.133. The number of carbonyl (C=O) groups excluding carboxylic acids is 1. The van der Waals surface area contributed by atoms with E-state index in [1.807, 2.05) is 30.3 Å². The number of carbonyl (C=O) groups is 1. The maximum Gasteiger partial charge on any atom is 0.258 e. The Kier molecular flexibility index (Phi) is 3.33. The summed E-state index contributed by atoms with van der Waals surface area (Å²) < 4.78 is 0. The van der Waals surface area contributed by atoms with E-state index in [9.17, 15) is 9.90 Å². The fourth-order valence-electron chi connectivity index (χ4n) is 1.70. The van der Waals surface area contributed by atoms with Crippen LogP contribution in [0.1, 0.15) is 15.9 Å². The van der Waals surface area contributed by atoms with E-state index in [1.165, 1.54) is 6.07 Å². The Balaban J connectivity index is 2.29. The molecule has 0 unspecified atom stereocenters. The molecule has 92 valence electrons. The van der Waals surface area contributed by atoms with Crippen LogP contribution in [0, 0.1) is 6.92 Å². The molecule has 0 bridgehead atoms. The smallest absolute Gasteiger partial charge is 0.258 e. The average molecular weight is 241 g/mol. The highest BCUT2D eigenvalue weighted by Gasteiger charge is 2.14. The quantitative estimate of drug-likeness (QED) is 0.878. The third kappa shape index (κ3) is 2.35. The van der Waals surface area contributed by atoms with Crippen molar-refractivity contribution in [1.82, 2.24) is 0 Å². The first kappa shape index (κ1) is 12.2. The van der Waals surface area contributed by atoms with Gasteiger partial charge in [-0.15, -0.1) is 0 Å². The Labute approximate surface area is 106 Å². The maximum absolute atomic E-state index is 12.2. The van der Waals surface area contributed by atoms with Gasteiger partial charge in [-0.25, -0.2) is 0 Å². The topological polar surface area (TPSA) is 40.5 Å². The second kappa shape index (κ2) is 4.92. The lowest BCUT2D eigenvalue weighted by Crippen LogP contribution is -2.26. The van der Waals surface area contributed by atoms with Crippen LogP contribution in [0.15, 0.2) is 48.5 Å². The second-order valence-electron chi connectivity index (χ2n) is 4.20. The molecule has 3 nitrogen and oxygen atoms in total. The zero-order chi connectivity index (χ0) is 13.1. The Morgan fingerprint density at radius 2 is 1.78 bits per heavy atom. The highest BCUT2D eigenvalue weighted by Crippen LogP contribution is 2.20. The summed E-state index contributed by atoms with van der Waals surface area (Å²) in [4.78, 5) is 13.8. The number of amides is 1. The molecule has 0 spiro atoms. The van der Waals surface area contributed by atoms with Crippen molar-refractivity contribution in [2.45, 2.75) is 6.92 Å². The van der Waals surface area contributed by atoms with Crippen LogP contribution >= 0.6 is 0 Å². The van der Waals surface area contributed by atoms with Gasteiger partial charge >= 0.3 is 0 Å². The number of phenols is 1. The SMILES string of the molecule is Cc1ccc(C(=O)N(C)c2ccccc2)cc1O. The summed E-state index contributed by atoms with van der Waals surface area (Å²) in [5.41, 5.74) is 2.06. The van der Waals surface area contributed by atoms with Gasteiger partial charge < -0.3 is 10.0 Å². The van der Waals surface area contributed by atoms with Crippen molar-refractivity contribution >= 4 is 11.6 Å². The van der Waals surface area contributed by atoms with Crippen molar-refractivity contribution < 1.29 is 9.90 Å². The minimum atomic E-state index is -0.142. The molecule has 0 atom stereocenters. The summed E-state index contributed by atoms with van der Waals surface area (Å²) >= 11 is 0. The van der Waals surface area contributed by atoms with Crippen LogP contribution in [0.2, 0.25) is 0 Å². The number of aryl methyl sites for hydroxylation is 1. The number of hydrogen-bond acceptors (Lipinski definition) is 2. The predicted molar refractivity (Wildman–Crippen MR) is 72.0 cm³/mol. The van der Waals surface area contributed by atoms with Gasteiger partial charge in [0.25, 0.3) is 5.91 Å². The van der Waals surface area contributed by atoms with E-state index in [2.05, 4.69) is 0 Å². The molecule has 0 radical (unpaired) electrons. The number of phenolic OH excluding ortho intramolecular Hbond substituents is 1. The molecule has 1 N–H and O–H groups in total. The molecule has 0 aromatic heterocycles. The lowest BCUT2D eigenvalue weighted by molar-refractivity contribution is 0.0992. The van der Waals surface area contributed by atoms with Gasteiger partial charge in [0.1, 0.15) is 5.75 Å². The Morgan fingerprint density at radius 1 is 1.11 bits per heavy atom. The largest absolute Gasteiger partial charge is 0.508 e. The van der Waals surface area contributed by atoms with Crippen LogP contribution in [0.4, 0.5) is 5.69 Å². The molecule has 0 aliphatic rings. The molecular formula is C15H15NO2. The summed E-state index contributed by atoms with van der Waals surface area (Å²) in [6.45, 7) is 1.80. The van der Waals surface area contributed by atoms with E-state index in [-0.39, 0.29) is 11.7 Å². The van der Waals surface area contributed by atoms with E-state index in [0.717, 1.165) is 11.3 Å². The third-order valence-corrected chi connectivity index (χ3v) is 2.90. The predicted octanol–water partition coefficient (Wildman–Crippen LogP) is 2.98. The number of rotatable bonds is 2. The van der Waals surface area contributed by atoms with Crippen molar-refractivity contribution in [1.29, 1.82) is 0 Å². The van der Waals surface area contributed by atoms with Crippen LogP contribution in [-0.4, -0.2) is 18.1 Å². The van der Waals surface area contributed by atoms with Gasteiger partial charge in [-0.1, -0.05) is 24.3 Å². The molecule has 2 rings (SSSR count). The van der Waals surface area contributed by atoms with Crippen molar-refractivity contribution in [3.63, 3.8) is 0 Å². The zero-order valence-electron chi connectivity index (χ0n) is 10.4. The number of anilines is 1. The third-order valence-electron chi connectivity index (χ3n) is 2.90. The molecular weight excluding hydrogens is 226 g/mol. The molecule has 2 aromatic carbocycles. The summed E-state index contributed by atoms with van der Waals surface area (Å²) in [6.07, 6.45) is 0. The first-order valence-electron chi connectivity index (χ1n) is 5.72. The monoisotopic (exact) mass is 241 g/mol. The van der Waals surface area contributed by atoms with E-state index in [4.69, 9.17) is 0 Å². The second-order valence-corrected chi connectivity index (χ2v) is 4.20. The number of nitrogens with zero attached hydrogens (tertiary/aromatic N) is 1. The molecule has 3 heteroatoms. The van der Waals surface area contributed by atoms with E-state index < -0.39 is 0 Å². The average Bonchev–Trinajstić information content (AvgIpc) is 2.41. The fourth-order valence-corrected chi connectivity index (χ4v) is 1.70. The molecule has 0 saturated heterocycles. The van der Waals surface area contributed by atoms with Gasteiger partial charge in [-0.05, 0) is 36.8 Å². The van der Waals surface area contributed by atoms with E-state index in [1.54, 1.807) is 31.0 Å². The number of hydrogen-bond donors (Lipinski definition) is 1. The summed E-state index contributed by atoms with van der Waals surface area (Å²) in [7, 11) is 1.72. The van der Waals surface area contributed by atoms with Crippen molar-refractivity contribution in [3.8, 4) is 5.75 Å². The number of para-hydroxylation sites is 1. The van der Waals surface area contributed by atoms with Gasteiger partial charge in [0.05, 0.1) is 0 Å². The van der Waals surface area contributed by atoms with Crippen LogP contribution < -0.4 is 4.90 Å². The molecule has 0 aliphatic heterocycles. The highest BCUT2D eigenvalue weighted by atomic mass is 16.3.